The average Bonchev–Trinajstić information content (AvgIpc) is 3.22. The van der Waals surface area contributed by atoms with Crippen molar-refractivity contribution in [3.8, 4) is 0 Å². The first-order valence-electron chi connectivity index (χ1n) is 24.9. The first-order chi connectivity index (χ1) is 29.1. The van der Waals surface area contributed by atoms with Gasteiger partial charge in [0.05, 0.1) is 0 Å². The van der Waals surface area contributed by atoms with Crippen molar-refractivity contribution >= 4 is 35.9 Å². The van der Waals surface area contributed by atoms with Crippen LogP contribution in [0.25, 0.3) is 0 Å². The molecule has 0 amide bonds. The van der Waals surface area contributed by atoms with E-state index in [0.29, 0.717) is 70.3 Å². The zero-order valence-electron chi connectivity index (χ0n) is 44.0. The molecule has 0 aromatic carbocycles. The van der Waals surface area contributed by atoms with Crippen molar-refractivity contribution in [3.05, 3.63) is 0 Å². The van der Waals surface area contributed by atoms with Gasteiger partial charge in [0.1, 0.15) is 0 Å². The van der Waals surface area contributed by atoms with Crippen LogP contribution in [0, 0.1) is 5.92 Å². The Hall–Kier alpha value is 0.348. The second kappa shape index (κ2) is 34.6. The van der Waals surface area contributed by atoms with E-state index in [4.69, 9.17) is 57.3 Å². The first kappa shape index (κ1) is 64.4. The highest BCUT2D eigenvalue weighted by molar-refractivity contribution is 6.81. The molecule has 0 saturated heterocycles. The van der Waals surface area contributed by atoms with Crippen molar-refractivity contribution in [1.29, 1.82) is 0 Å². The molecule has 1 N–H and O–H groups in total. The average molecular weight is 964 g/mol. The smallest absolute Gasteiger partial charge is 0.396 e. The third-order valence-electron chi connectivity index (χ3n) is 11.0. The normalized spacial score (nSPS) is 21.0. The summed E-state index contributed by atoms with van der Waals surface area (Å²) in [5.74, 6) is 0.560. The Kier molecular flexibility index (Phi) is 36.0. The maximum absolute atomic E-state index is 8.75. The Balaban J connectivity index is 0. The van der Waals surface area contributed by atoms with Crippen LogP contribution in [0.5, 0.6) is 0 Å². The van der Waals surface area contributed by atoms with E-state index in [1.165, 1.54) is 19.3 Å². The van der Waals surface area contributed by atoms with E-state index in [9.17, 15) is 0 Å². The molecule has 0 aromatic heterocycles. The number of hydrogen-bond donors (Lipinski definition) is 1. The van der Waals surface area contributed by atoms with Crippen molar-refractivity contribution in [3.63, 3.8) is 0 Å². The molecule has 0 fully saturated rings. The molecule has 10 atom stereocenters. The Bertz CT molecular complexity index is 859. The molecule has 376 valence electrons. The van der Waals surface area contributed by atoms with Crippen molar-refractivity contribution in [1.82, 2.24) is 0 Å². The second-order valence-corrected chi connectivity index (χ2v) is 26.6. The number of aliphatic hydroxyl groups excluding tert-OH is 1. The third kappa shape index (κ3) is 26.6. The summed E-state index contributed by atoms with van der Waals surface area (Å²) in [7, 11) is -16.8. The van der Waals surface area contributed by atoms with Crippen LogP contribution in [0.2, 0.25) is 6.55 Å². The molecule has 17 heteroatoms. The largest absolute Gasteiger partial charge is 0.672 e. The lowest BCUT2D eigenvalue weighted by atomic mass is 10.0. The molecular formula is C45H102O13Si4. The lowest BCUT2D eigenvalue weighted by Crippen LogP contribution is -2.71. The molecule has 0 aliphatic rings. The summed E-state index contributed by atoms with van der Waals surface area (Å²) in [5.41, 5.74) is 0. The zero-order chi connectivity index (χ0) is 48.2. The number of hydrogen-bond acceptors (Lipinski definition) is 13. The molecular weight excluding hydrogens is 861 g/mol. The fourth-order valence-electron chi connectivity index (χ4n) is 5.10. The molecule has 0 radical (unpaired) electrons. The van der Waals surface area contributed by atoms with Gasteiger partial charge in [-0.3, -0.25) is 0 Å². The molecule has 0 heterocycles. The van der Waals surface area contributed by atoms with Gasteiger partial charge in [-0.2, -0.15) is 0 Å². The lowest BCUT2D eigenvalue weighted by molar-refractivity contribution is -0.103. The molecule has 0 aliphatic heterocycles. The minimum Gasteiger partial charge on any atom is -0.396 e. The minimum absolute atomic E-state index is 0.273. The molecule has 0 spiro atoms. The van der Waals surface area contributed by atoms with Gasteiger partial charge < -0.3 is 57.3 Å². The van der Waals surface area contributed by atoms with E-state index in [2.05, 4.69) is 76.2 Å². The minimum atomic E-state index is -4.31. The van der Waals surface area contributed by atoms with Gasteiger partial charge >= 0.3 is 35.9 Å². The fraction of sp³-hybridized carbons (Fsp3) is 1.00. The fourth-order valence-corrected chi connectivity index (χ4v) is 20.3. The van der Waals surface area contributed by atoms with E-state index >= 15 is 0 Å². The zero-order valence-corrected chi connectivity index (χ0v) is 48.0. The molecule has 0 rings (SSSR count). The standard InChI is InChI=1S/C37H84O12Si4.C8H18O/c1-20-29(10)38-51(39-30(11)21-2,40-31(12)22-3)47-50(19,48-52(41-32(13)23-4,42-33(14)24-5)43-34(15)25-6)49-53(44-35(16)26-7,45-36(17)27-8)46-37(18)28-9;1-3-5-6-8(4-2)7-9/h29-37H,20-28H2,1-19H3;8-9H,3-7H2,1-2H3. The van der Waals surface area contributed by atoms with E-state index in [0.717, 1.165) is 6.42 Å². The van der Waals surface area contributed by atoms with E-state index < -0.39 is 35.9 Å². The Morgan fingerprint density at radius 1 is 0.339 bits per heavy atom. The lowest BCUT2D eigenvalue weighted by Gasteiger charge is -2.45. The van der Waals surface area contributed by atoms with Gasteiger partial charge in [0.2, 0.25) is 0 Å². The van der Waals surface area contributed by atoms with Gasteiger partial charge in [0.25, 0.3) is 0 Å². The highest BCUT2D eigenvalue weighted by Crippen LogP contribution is 2.36. The SMILES string of the molecule is CCC(C)O[Si](OC(C)CC)(OC(C)CC)O[Si](C)(O[Si](OC(C)CC)(OC(C)CC)OC(C)CC)O[Si](OC(C)CC)(OC(C)CC)OC(C)CC.CCCCC(CC)CO. The summed E-state index contributed by atoms with van der Waals surface area (Å²) in [6.07, 6.45) is 8.62. The van der Waals surface area contributed by atoms with Crippen LogP contribution in [-0.2, 0) is 52.2 Å². The first-order valence-corrected chi connectivity index (χ1v) is 32.0. The van der Waals surface area contributed by atoms with Gasteiger partial charge in [-0.15, -0.1) is 0 Å². The van der Waals surface area contributed by atoms with Crippen LogP contribution in [-0.4, -0.2) is 103 Å². The Morgan fingerprint density at radius 2 is 0.532 bits per heavy atom. The summed E-state index contributed by atoms with van der Waals surface area (Å²) in [6, 6.07) is 0. The number of aliphatic hydroxyl groups is 1. The Morgan fingerprint density at radius 3 is 0.661 bits per heavy atom. The van der Waals surface area contributed by atoms with Gasteiger partial charge in [-0.05, 0) is 132 Å². The molecule has 0 saturated carbocycles. The van der Waals surface area contributed by atoms with Crippen molar-refractivity contribution in [2.75, 3.05) is 6.61 Å². The van der Waals surface area contributed by atoms with Gasteiger partial charge in [0.15, 0.2) is 0 Å². The van der Waals surface area contributed by atoms with E-state index in [1.54, 1.807) is 6.55 Å². The van der Waals surface area contributed by atoms with Crippen LogP contribution >= 0.6 is 0 Å². The molecule has 62 heavy (non-hydrogen) atoms. The molecule has 13 nitrogen and oxygen atoms in total. The van der Waals surface area contributed by atoms with Crippen LogP contribution in [0.15, 0.2) is 0 Å². The highest BCUT2D eigenvalue weighted by atomic mass is 28.5. The monoisotopic (exact) mass is 963 g/mol. The predicted molar refractivity (Wildman–Crippen MR) is 260 cm³/mol. The van der Waals surface area contributed by atoms with E-state index in [1.807, 2.05) is 62.3 Å². The quantitative estimate of drug-likeness (QED) is 0.0590. The maximum atomic E-state index is 8.75. The van der Waals surface area contributed by atoms with Crippen LogP contribution in [0.4, 0.5) is 0 Å². The Labute approximate surface area is 387 Å². The molecule has 0 bridgehead atoms. The van der Waals surface area contributed by atoms with Crippen molar-refractivity contribution in [2.24, 2.45) is 5.92 Å². The van der Waals surface area contributed by atoms with Crippen molar-refractivity contribution < 1.29 is 57.3 Å². The van der Waals surface area contributed by atoms with Gasteiger partial charge in [-0.1, -0.05) is 95.4 Å². The summed E-state index contributed by atoms with van der Waals surface area (Å²) in [5, 5.41) is 8.75. The van der Waals surface area contributed by atoms with Crippen LogP contribution in [0.1, 0.15) is 222 Å². The summed E-state index contributed by atoms with van der Waals surface area (Å²) in [6.45, 7) is 42.8. The van der Waals surface area contributed by atoms with E-state index in [-0.39, 0.29) is 54.9 Å². The maximum Gasteiger partial charge on any atom is 0.672 e. The highest BCUT2D eigenvalue weighted by Gasteiger charge is 2.67. The summed E-state index contributed by atoms with van der Waals surface area (Å²) >= 11 is 0. The third-order valence-corrected chi connectivity index (χ3v) is 24.7. The van der Waals surface area contributed by atoms with Crippen LogP contribution in [0.3, 0.4) is 0 Å². The summed E-state index contributed by atoms with van der Waals surface area (Å²) < 4.78 is 83.1. The van der Waals surface area contributed by atoms with Crippen molar-refractivity contribution in [2.45, 2.75) is 283 Å². The topological polar surface area (TPSA) is 131 Å². The summed E-state index contributed by atoms with van der Waals surface area (Å²) in [4.78, 5) is 0. The molecule has 10 unspecified atom stereocenters. The van der Waals surface area contributed by atoms with Gasteiger partial charge in [0, 0.05) is 68.1 Å². The van der Waals surface area contributed by atoms with Gasteiger partial charge in [-0.25, -0.2) is 0 Å². The molecule has 0 aromatic rings. The number of unbranched alkanes of at least 4 members (excludes halogenated alkanes) is 1. The van der Waals surface area contributed by atoms with Crippen LogP contribution < -0.4 is 0 Å². The second-order valence-electron chi connectivity index (χ2n) is 17.3. The molecule has 0 aliphatic carbocycles. The predicted octanol–water partition coefficient (Wildman–Crippen LogP) is 12.4. The number of rotatable bonds is 38.